The highest BCUT2D eigenvalue weighted by molar-refractivity contribution is 6.30. The molecule has 1 saturated heterocycles. The summed E-state index contributed by atoms with van der Waals surface area (Å²) in [5, 5.41) is 0.646. The second kappa shape index (κ2) is 8.36. The van der Waals surface area contributed by atoms with Gasteiger partial charge in [0.1, 0.15) is 5.75 Å². The van der Waals surface area contributed by atoms with Gasteiger partial charge in [-0.1, -0.05) is 11.6 Å². The van der Waals surface area contributed by atoms with Crippen molar-refractivity contribution in [3.63, 3.8) is 0 Å². The van der Waals surface area contributed by atoms with Gasteiger partial charge in [0.15, 0.2) is 0 Å². The second-order valence-electron chi connectivity index (χ2n) is 5.25. The van der Waals surface area contributed by atoms with Crippen molar-refractivity contribution < 1.29 is 14.3 Å². The van der Waals surface area contributed by atoms with Crippen LogP contribution in [-0.4, -0.2) is 62.2 Å². The van der Waals surface area contributed by atoms with Gasteiger partial charge in [-0.2, -0.15) is 0 Å². The number of ether oxygens (including phenoxy) is 2. The fourth-order valence-electron chi connectivity index (χ4n) is 2.50. The maximum Gasteiger partial charge on any atom is 0.237 e. The van der Waals surface area contributed by atoms with E-state index in [0.717, 1.165) is 24.4 Å². The number of likely N-dealkylation sites (N-methyl/N-ethyl adjacent to an activating group) is 1. The lowest BCUT2D eigenvalue weighted by Gasteiger charge is -2.29. The van der Waals surface area contributed by atoms with E-state index in [-0.39, 0.29) is 5.91 Å². The quantitative estimate of drug-likeness (QED) is 0.802. The second-order valence-corrected chi connectivity index (χ2v) is 5.69. The summed E-state index contributed by atoms with van der Waals surface area (Å²) in [7, 11) is 1.62. The molecule has 0 saturated carbocycles. The molecular weight excluding hydrogens is 304 g/mol. The topological polar surface area (TPSA) is 42.0 Å². The fraction of sp³-hybridized carbons (Fsp3) is 0.562. The number of halogens is 1. The van der Waals surface area contributed by atoms with Crippen molar-refractivity contribution in [3.05, 3.63) is 28.8 Å². The number of hydrogen-bond donors (Lipinski definition) is 0. The lowest BCUT2D eigenvalue weighted by molar-refractivity contribution is -0.133. The van der Waals surface area contributed by atoms with Gasteiger partial charge < -0.3 is 14.4 Å². The lowest BCUT2D eigenvalue weighted by atomic mass is 10.2. The maximum atomic E-state index is 12.5. The summed E-state index contributed by atoms with van der Waals surface area (Å²) >= 11 is 6.05. The van der Waals surface area contributed by atoms with Crippen LogP contribution in [0.2, 0.25) is 5.02 Å². The molecular formula is C16H23ClN2O3. The molecule has 0 aromatic heterocycles. The van der Waals surface area contributed by atoms with Crippen molar-refractivity contribution in [2.45, 2.75) is 13.5 Å². The number of methoxy groups -OCH3 is 1. The Balaban J connectivity index is 2.01. The first kappa shape index (κ1) is 17.1. The van der Waals surface area contributed by atoms with Gasteiger partial charge in [-0.05, 0) is 25.1 Å². The highest BCUT2D eigenvalue weighted by Gasteiger charge is 2.19. The van der Waals surface area contributed by atoms with Crippen LogP contribution in [-0.2, 0) is 16.1 Å². The van der Waals surface area contributed by atoms with Gasteiger partial charge in [-0.15, -0.1) is 0 Å². The minimum Gasteiger partial charge on any atom is -0.496 e. The molecule has 1 aliphatic heterocycles. The zero-order valence-corrected chi connectivity index (χ0v) is 13.9. The third-order valence-corrected chi connectivity index (χ3v) is 4.04. The van der Waals surface area contributed by atoms with Gasteiger partial charge in [-0.3, -0.25) is 9.69 Å². The Labute approximate surface area is 136 Å². The molecule has 1 fully saturated rings. The standard InChI is InChI=1S/C16H23ClN2O3/c1-3-19(16(20)12-18-6-8-22-9-7-18)11-13-10-14(17)4-5-15(13)21-2/h4-5,10H,3,6-9,11-12H2,1-2H3. The molecule has 0 bridgehead atoms. The third kappa shape index (κ3) is 4.60. The van der Waals surface area contributed by atoms with Gasteiger partial charge in [0.25, 0.3) is 0 Å². The Bertz CT molecular complexity index is 504. The Morgan fingerprint density at radius 2 is 2.14 bits per heavy atom. The molecule has 22 heavy (non-hydrogen) atoms. The van der Waals surface area contributed by atoms with Crippen LogP contribution in [0.4, 0.5) is 0 Å². The van der Waals surface area contributed by atoms with Crippen molar-refractivity contribution >= 4 is 17.5 Å². The van der Waals surface area contributed by atoms with Gasteiger partial charge in [0.2, 0.25) is 5.91 Å². The van der Waals surface area contributed by atoms with Crippen LogP contribution in [0.5, 0.6) is 5.75 Å². The van der Waals surface area contributed by atoms with E-state index < -0.39 is 0 Å². The molecule has 0 N–H and O–H groups in total. The van der Waals surface area contributed by atoms with Crippen molar-refractivity contribution in [3.8, 4) is 5.75 Å². The number of morpholine rings is 1. The minimum absolute atomic E-state index is 0.117. The number of benzene rings is 1. The predicted molar refractivity (Wildman–Crippen MR) is 86.4 cm³/mol. The van der Waals surface area contributed by atoms with Gasteiger partial charge >= 0.3 is 0 Å². The number of nitrogens with zero attached hydrogens (tertiary/aromatic N) is 2. The van der Waals surface area contributed by atoms with E-state index in [4.69, 9.17) is 21.1 Å². The summed E-state index contributed by atoms with van der Waals surface area (Å²) in [6.07, 6.45) is 0. The van der Waals surface area contributed by atoms with E-state index >= 15 is 0 Å². The summed E-state index contributed by atoms with van der Waals surface area (Å²) < 4.78 is 10.7. The highest BCUT2D eigenvalue weighted by atomic mass is 35.5. The molecule has 0 unspecified atom stereocenters. The molecule has 1 heterocycles. The molecule has 0 radical (unpaired) electrons. The Morgan fingerprint density at radius 3 is 2.77 bits per heavy atom. The van der Waals surface area contributed by atoms with E-state index in [1.165, 1.54) is 0 Å². The summed E-state index contributed by atoms with van der Waals surface area (Å²) in [5.74, 6) is 0.869. The van der Waals surface area contributed by atoms with Crippen LogP contribution in [0.15, 0.2) is 18.2 Å². The predicted octanol–water partition coefficient (Wildman–Crippen LogP) is 2.03. The third-order valence-electron chi connectivity index (χ3n) is 3.80. The van der Waals surface area contributed by atoms with Crippen LogP contribution in [0.1, 0.15) is 12.5 Å². The number of carbonyl (C=O) groups excluding carboxylic acids is 1. The van der Waals surface area contributed by atoms with E-state index in [1.54, 1.807) is 13.2 Å². The number of rotatable bonds is 6. The Morgan fingerprint density at radius 1 is 1.41 bits per heavy atom. The lowest BCUT2D eigenvalue weighted by Crippen LogP contribution is -2.44. The average molecular weight is 327 g/mol. The molecule has 1 aliphatic rings. The van der Waals surface area contributed by atoms with Crippen LogP contribution in [0.3, 0.4) is 0 Å². The molecule has 0 atom stereocenters. The van der Waals surface area contributed by atoms with E-state index in [1.807, 2.05) is 24.0 Å². The summed E-state index contributed by atoms with van der Waals surface area (Å²) in [6, 6.07) is 5.47. The number of amides is 1. The largest absolute Gasteiger partial charge is 0.496 e. The molecule has 122 valence electrons. The molecule has 1 amide bonds. The first-order chi connectivity index (χ1) is 10.6. The molecule has 6 heteroatoms. The normalized spacial score (nSPS) is 15.6. The first-order valence-corrected chi connectivity index (χ1v) is 7.92. The van der Waals surface area contributed by atoms with Crippen molar-refractivity contribution in [2.24, 2.45) is 0 Å². The van der Waals surface area contributed by atoms with Crippen LogP contribution >= 0.6 is 11.6 Å². The van der Waals surface area contributed by atoms with Crippen molar-refractivity contribution in [1.29, 1.82) is 0 Å². The number of hydrogen-bond acceptors (Lipinski definition) is 4. The zero-order valence-electron chi connectivity index (χ0n) is 13.2. The van der Waals surface area contributed by atoms with Crippen molar-refractivity contribution in [1.82, 2.24) is 9.80 Å². The molecule has 1 aromatic carbocycles. The van der Waals surface area contributed by atoms with Crippen LogP contribution in [0, 0.1) is 0 Å². The summed E-state index contributed by atoms with van der Waals surface area (Å²) in [5.41, 5.74) is 0.923. The zero-order chi connectivity index (χ0) is 15.9. The molecule has 1 aromatic rings. The van der Waals surface area contributed by atoms with E-state index in [9.17, 15) is 4.79 Å². The average Bonchev–Trinajstić information content (AvgIpc) is 2.53. The highest BCUT2D eigenvalue weighted by Crippen LogP contribution is 2.24. The summed E-state index contributed by atoms with van der Waals surface area (Å²) in [6.45, 7) is 6.58. The Hall–Kier alpha value is -1.30. The van der Waals surface area contributed by atoms with Gasteiger partial charge in [-0.25, -0.2) is 0 Å². The van der Waals surface area contributed by atoms with Crippen molar-refractivity contribution in [2.75, 3.05) is 46.5 Å². The monoisotopic (exact) mass is 326 g/mol. The molecule has 0 aliphatic carbocycles. The first-order valence-electron chi connectivity index (χ1n) is 7.54. The summed E-state index contributed by atoms with van der Waals surface area (Å²) in [4.78, 5) is 16.5. The molecule has 5 nitrogen and oxygen atoms in total. The SMILES string of the molecule is CCN(Cc1cc(Cl)ccc1OC)C(=O)CN1CCOCC1. The van der Waals surface area contributed by atoms with Crippen LogP contribution < -0.4 is 4.74 Å². The van der Waals surface area contributed by atoms with Gasteiger partial charge in [0, 0.05) is 36.8 Å². The fourth-order valence-corrected chi connectivity index (χ4v) is 2.70. The van der Waals surface area contributed by atoms with Crippen LogP contribution in [0.25, 0.3) is 0 Å². The van der Waals surface area contributed by atoms with E-state index in [2.05, 4.69) is 4.90 Å². The Kier molecular flexibility index (Phi) is 6.49. The number of carbonyl (C=O) groups is 1. The maximum absolute atomic E-state index is 12.5. The van der Waals surface area contributed by atoms with Gasteiger partial charge in [0.05, 0.1) is 26.9 Å². The molecule has 0 spiro atoms. The van der Waals surface area contributed by atoms with E-state index in [0.29, 0.717) is 37.9 Å². The smallest absolute Gasteiger partial charge is 0.237 e. The minimum atomic E-state index is 0.117. The molecule has 2 rings (SSSR count).